The van der Waals surface area contributed by atoms with E-state index >= 15 is 0 Å². The van der Waals surface area contributed by atoms with Gasteiger partial charge in [0.15, 0.2) is 0 Å². The second kappa shape index (κ2) is 6.33. The number of benzene rings is 1. The highest BCUT2D eigenvalue weighted by Crippen LogP contribution is 2.19. The molecule has 0 fully saturated rings. The van der Waals surface area contributed by atoms with E-state index in [0.717, 1.165) is 22.7 Å². The first-order valence-corrected chi connectivity index (χ1v) is 7.04. The normalized spacial score (nSPS) is 10.4. The molecule has 2 rings (SSSR count). The van der Waals surface area contributed by atoms with E-state index in [1.54, 1.807) is 11.3 Å². The van der Waals surface area contributed by atoms with Crippen LogP contribution in [0.1, 0.15) is 22.4 Å². The number of nitrogens with one attached hydrogen (secondary N) is 1. The molecule has 1 aromatic heterocycles. The number of aromatic nitrogens is 1. The summed E-state index contributed by atoms with van der Waals surface area (Å²) in [5, 5.41) is 4.48. The molecule has 0 saturated heterocycles. The summed E-state index contributed by atoms with van der Waals surface area (Å²) >= 11 is 1.71. The van der Waals surface area contributed by atoms with Crippen molar-refractivity contribution in [2.75, 3.05) is 5.32 Å². The Morgan fingerprint density at radius 2 is 2.21 bits per heavy atom. The van der Waals surface area contributed by atoms with E-state index in [9.17, 15) is 4.79 Å². The zero-order chi connectivity index (χ0) is 13.7. The van der Waals surface area contributed by atoms with Crippen LogP contribution in [-0.2, 0) is 24.2 Å². The number of aryl methyl sites for hydroxylation is 1. The van der Waals surface area contributed by atoms with E-state index in [2.05, 4.69) is 17.2 Å². The van der Waals surface area contributed by atoms with Gasteiger partial charge in [-0.25, -0.2) is 4.98 Å². The monoisotopic (exact) mass is 275 g/mol. The molecule has 1 amide bonds. The van der Waals surface area contributed by atoms with Crippen LogP contribution in [0.25, 0.3) is 0 Å². The maximum Gasteiger partial charge on any atom is 0.221 e. The first kappa shape index (κ1) is 13.5. The Hall–Kier alpha value is -1.88. The molecule has 1 heterocycles. The van der Waals surface area contributed by atoms with Crippen molar-refractivity contribution >= 4 is 22.9 Å². The molecule has 2 aromatic rings. The van der Waals surface area contributed by atoms with Gasteiger partial charge in [-0.05, 0) is 18.1 Å². The van der Waals surface area contributed by atoms with Gasteiger partial charge in [-0.2, -0.15) is 0 Å². The van der Waals surface area contributed by atoms with Crippen LogP contribution in [-0.4, -0.2) is 10.9 Å². The van der Waals surface area contributed by atoms with Crippen LogP contribution in [0.4, 0.5) is 5.69 Å². The minimum atomic E-state index is -0.319. The molecule has 0 radical (unpaired) electrons. The summed E-state index contributed by atoms with van der Waals surface area (Å²) in [6.07, 6.45) is 3.11. The van der Waals surface area contributed by atoms with Gasteiger partial charge in [0.2, 0.25) is 5.91 Å². The van der Waals surface area contributed by atoms with E-state index in [1.807, 2.05) is 30.5 Å². The Labute approximate surface area is 116 Å². The Morgan fingerprint density at radius 3 is 2.89 bits per heavy atom. The molecule has 0 unspecified atom stereocenters. The molecule has 4 nitrogen and oxygen atoms in total. The minimum absolute atomic E-state index is 0.256. The topological polar surface area (TPSA) is 68.0 Å². The SMILES string of the molecule is CCc1ncc(CNc2ccccc2CC(N)=O)s1. The minimum Gasteiger partial charge on any atom is -0.380 e. The zero-order valence-electron chi connectivity index (χ0n) is 10.8. The molecule has 0 bridgehead atoms. The van der Waals surface area contributed by atoms with Gasteiger partial charge in [0.1, 0.15) is 0 Å². The summed E-state index contributed by atoms with van der Waals surface area (Å²) < 4.78 is 0. The molecule has 19 heavy (non-hydrogen) atoms. The van der Waals surface area contributed by atoms with Crippen molar-refractivity contribution in [3.63, 3.8) is 0 Å². The number of nitrogens with two attached hydrogens (primary N) is 1. The smallest absolute Gasteiger partial charge is 0.221 e. The highest BCUT2D eigenvalue weighted by atomic mass is 32.1. The van der Waals surface area contributed by atoms with Gasteiger partial charge in [0.05, 0.1) is 18.0 Å². The highest BCUT2D eigenvalue weighted by Gasteiger charge is 2.05. The summed E-state index contributed by atoms with van der Waals surface area (Å²) in [4.78, 5) is 16.5. The fraction of sp³-hybridized carbons (Fsp3) is 0.286. The second-order valence-electron chi connectivity index (χ2n) is 4.23. The van der Waals surface area contributed by atoms with Crippen molar-refractivity contribution in [2.45, 2.75) is 26.3 Å². The van der Waals surface area contributed by atoms with Crippen LogP contribution in [0, 0.1) is 0 Å². The van der Waals surface area contributed by atoms with Gasteiger partial charge in [-0.3, -0.25) is 4.79 Å². The van der Waals surface area contributed by atoms with E-state index < -0.39 is 0 Å². The first-order chi connectivity index (χ1) is 9.19. The van der Waals surface area contributed by atoms with Crippen molar-refractivity contribution in [1.82, 2.24) is 4.98 Å². The van der Waals surface area contributed by atoms with Gasteiger partial charge in [-0.1, -0.05) is 25.1 Å². The van der Waals surface area contributed by atoms with Crippen LogP contribution in [0.2, 0.25) is 0 Å². The largest absolute Gasteiger partial charge is 0.380 e. The first-order valence-electron chi connectivity index (χ1n) is 6.22. The second-order valence-corrected chi connectivity index (χ2v) is 5.43. The van der Waals surface area contributed by atoms with Crippen LogP contribution in [0.3, 0.4) is 0 Å². The lowest BCUT2D eigenvalue weighted by atomic mass is 10.1. The summed E-state index contributed by atoms with van der Waals surface area (Å²) in [6.45, 7) is 2.81. The summed E-state index contributed by atoms with van der Waals surface area (Å²) in [5.74, 6) is -0.319. The number of nitrogens with zero attached hydrogens (tertiary/aromatic N) is 1. The lowest BCUT2D eigenvalue weighted by Gasteiger charge is -2.09. The summed E-state index contributed by atoms with van der Waals surface area (Å²) in [5.41, 5.74) is 7.13. The molecular formula is C14H17N3OS. The summed E-state index contributed by atoms with van der Waals surface area (Å²) in [6, 6.07) is 7.72. The lowest BCUT2D eigenvalue weighted by Crippen LogP contribution is -2.15. The number of carbonyl (C=O) groups is 1. The number of hydrogen-bond donors (Lipinski definition) is 2. The third-order valence-electron chi connectivity index (χ3n) is 2.74. The number of thiazole rings is 1. The molecule has 0 saturated carbocycles. The van der Waals surface area contributed by atoms with E-state index in [4.69, 9.17) is 5.73 Å². The Balaban J connectivity index is 2.04. The molecular weight excluding hydrogens is 258 g/mol. The van der Waals surface area contributed by atoms with Gasteiger partial charge >= 0.3 is 0 Å². The van der Waals surface area contributed by atoms with Crippen molar-refractivity contribution in [3.8, 4) is 0 Å². The van der Waals surface area contributed by atoms with Gasteiger partial charge in [0.25, 0.3) is 0 Å². The fourth-order valence-electron chi connectivity index (χ4n) is 1.81. The zero-order valence-corrected chi connectivity index (χ0v) is 11.7. The van der Waals surface area contributed by atoms with E-state index in [0.29, 0.717) is 6.54 Å². The number of rotatable bonds is 6. The lowest BCUT2D eigenvalue weighted by molar-refractivity contribution is -0.117. The Kier molecular flexibility index (Phi) is 4.52. The maximum atomic E-state index is 11.0. The molecule has 0 atom stereocenters. The Bertz CT molecular complexity index is 565. The van der Waals surface area contributed by atoms with Crippen molar-refractivity contribution < 1.29 is 4.79 Å². The highest BCUT2D eigenvalue weighted by molar-refractivity contribution is 7.11. The van der Waals surface area contributed by atoms with Crippen molar-refractivity contribution in [2.24, 2.45) is 5.73 Å². The fourth-order valence-corrected chi connectivity index (χ4v) is 2.61. The third-order valence-corrected chi connectivity index (χ3v) is 3.88. The summed E-state index contributed by atoms with van der Waals surface area (Å²) in [7, 11) is 0. The van der Waals surface area contributed by atoms with Gasteiger partial charge in [0, 0.05) is 16.8 Å². The molecule has 100 valence electrons. The van der Waals surface area contributed by atoms with E-state index in [-0.39, 0.29) is 12.3 Å². The van der Waals surface area contributed by atoms with Crippen molar-refractivity contribution in [1.29, 1.82) is 0 Å². The Morgan fingerprint density at radius 1 is 1.42 bits per heavy atom. The number of amides is 1. The average Bonchev–Trinajstić information content (AvgIpc) is 2.85. The third kappa shape index (κ3) is 3.79. The molecule has 0 aliphatic carbocycles. The number of carbonyl (C=O) groups excluding carboxylic acids is 1. The van der Waals surface area contributed by atoms with Gasteiger partial charge in [-0.15, -0.1) is 11.3 Å². The molecule has 0 aliphatic heterocycles. The number of anilines is 1. The molecule has 5 heteroatoms. The number of para-hydroxylation sites is 1. The molecule has 3 N–H and O–H groups in total. The van der Waals surface area contributed by atoms with Gasteiger partial charge < -0.3 is 11.1 Å². The standard InChI is InChI=1S/C14H17N3OS/c1-2-14-17-9-11(19-14)8-16-12-6-4-3-5-10(12)7-13(15)18/h3-6,9,16H,2,7-8H2,1H3,(H2,15,18). The maximum absolute atomic E-state index is 11.0. The van der Waals surface area contributed by atoms with E-state index in [1.165, 1.54) is 4.88 Å². The molecule has 0 spiro atoms. The predicted octanol–water partition coefficient (Wildman–Crippen LogP) is 2.35. The van der Waals surface area contributed by atoms with Crippen LogP contribution in [0.15, 0.2) is 30.5 Å². The van der Waals surface area contributed by atoms with Crippen LogP contribution >= 0.6 is 11.3 Å². The molecule has 0 aliphatic rings. The van der Waals surface area contributed by atoms with Crippen LogP contribution in [0.5, 0.6) is 0 Å². The number of primary amides is 1. The van der Waals surface area contributed by atoms with Crippen molar-refractivity contribution in [3.05, 3.63) is 45.9 Å². The quantitative estimate of drug-likeness (QED) is 0.850. The van der Waals surface area contributed by atoms with Crippen LogP contribution < -0.4 is 11.1 Å². The predicted molar refractivity (Wildman–Crippen MR) is 78.2 cm³/mol. The molecule has 1 aromatic carbocycles. The number of hydrogen-bond acceptors (Lipinski definition) is 4. The average molecular weight is 275 g/mol.